The van der Waals surface area contributed by atoms with Crippen molar-refractivity contribution in [3.63, 3.8) is 0 Å². The molecule has 0 aliphatic heterocycles. The molecule has 3 nitrogen and oxygen atoms in total. The van der Waals surface area contributed by atoms with E-state index in [2.05, 4.69) is 0 Å². The third-order valence-electron chi connectivity index (χ3n) is 3.70. The molecule has 1 saturated carbocycles. The summed E-state index contributed by atoms with van der Waals surface area (Å²) >= 11 is 5.98. The van der Waals surface area contributed by atoms with Crippen molar-refractivity contribution >= 4 is 11.6 Å². The fraction of sp³-hybridized carbons (Fsp3) is 0.600. The standard InChI is InChI=1S/C15H21ClO3/c1-3-19-12-6-10(7-12)8-14(17)13-9-11(16)4-5-15(13)18-2/h4-5,9-10,12,14,17H,3,6-8H2,1-2H3. The van der Waals surface area contributed by atoms with Gasteiger partial charge < -0.3 is 14.6 Å². The molecular formula is C15H21ClO3. The van der Waals surface area contributed by atoms with Crippen molar-refractivity contribution in [1.29, 1.82) is 0 Å². The molecular weight excluding hydrogens is 264 g/mol. The number of halogens is 1. The van der Waals surface area contributed by atoms with E-state index in [9.17, 15) is 5.11 Å². The molecule has 1 aliphatic rings. The Hall–Kier alpha value is -0.770. The predicted molar refractivity (Wildman–Crippen MR) is 75.7 cm³/mol. The molecule has 1 aliphatic carbocycles. The van der Waals surface area contributed by atoms with Crippen molar-refractivity contribution in [2.45, 2.75) is 38.4 Å². The number of rotatable bonds is 6. The molecule has 0 spiro atoms. The molecule has 0 heterocycles. The van der Waals surface area contributed by atoms with E-state index in [-0.39, 0.29) is 0 Å². The normalized spacial score (nSPS) is 23.8. The minimum absolute atomic E-state index is 0.378. The van der Waals surface area contributed by atoms with Crippen LogP contribution in [0.5, 0.6) is 5.75 Å². The number of aliphatic hydroxyl groups excluding tert-OH is 1. The number of hydrogen-bond donors (Lipinski definition) is 1. The zero-order valence-corrected chi connectivity index (χ0v) is 12.2. The van der Waals surface area contributed by atoms with Crippen LogP contribution in [0.1, 0.15) is 37.9 Å². The molecule has 1 unspecified atom stereocenters. The molecule has 0 bridgehead atoms. The maximum Gasteiger partial charge on any atom is 0.124 e. The first kappa shape index (κ1) is 14.6. The first-order valence-electron chi connectivity index (χ1n) is 6.77. The summed E-state index contributed by atoms with van der Waals surface area (Å²) in [6.07, 6.45) is 2.66. The maximum atomic E-state index is 10.3. The summed E-state index contributed by atoms with van der Waals surface area (Å²) in [5.41, 5.74) is 0.773. The first-order chi connectivity index (χ1) is 9.13. The Labute approximate surface area is 119 Å². The molecule has 0 radical (unpaired) electrons. The van der Waals surface area contributed by atoms with Crippen molar-refractivity contribution in [1.82, 2.24) is 0 Å². The molecule has 0 saturated heterocycles. The average molecular weight is 285 g/mol. The second kappa shape index (κ2) is 6.60. The van der Waals surface area contributed by atoms with Crippen LogP contribution in [0.15, 0.2) is 18.2 Å². The minimum atomic E-state index is -0.527. The van der Waals surface area contributed by atoms with Crippen molar-refractivity contribution in [3.8, 4) is 5.75 Å². The molecule has 2 rings (SSSR count). The lowest BCUT2D eigenvalue weighted by Gasteiger charge is -2.36. The lowest BCUT2D eigenvalue weighted by atomic mass is 9.78. The summed E-state index contributed by atoms with van der Waals surface area (Å²) in [6.45, 7) is 2.78. The van der Waals surface area contributed by atoms with Crippen molar-refractivity contribution < 1.29 is 14.6 Å². The zero-order chi connectivity index (χ0) is 13.8. The molecule has 1 N–H and O–H groups in total. The largest absolute Gasteiger partial charge is 0.496 e. The molecule has 1 aromatic rings. The Bertz CT molecular complexity index is 416. The van der Waals surface area contributed by atoms with E-state index in [1.807, 2.05) is 6.92 Å². The van der Waals surface area contributed by atoms with Crippen LogP contribution in [0.4, 0.5) is 0 Å². The summed E-state index contributed by atoms with van der Waals surface area (Å²) in [4.78, 5) is 0. The van der Waals surface area contributed by atoms with Crippen molar-refractivity contribution in [3.05, 3.63) is 28.8 Å². The average Bonchev–Trinajstić information content (AvgIpc) is 2.36. The summed E-state index contributed by atoms with van der Waals surface area (Å²) in [5.74, 6) is 1.22. The van der Waals surface area contributed by atoms with Crippen LogP contribution in [-0.4, -0.2) is 24.9 Å². The highest BCUT2D eigenvalue weighted by molar-refractivity contribution is 6.30. The first-order valence-corrected chi connectivity index (χ1v) is 7.15. The highest BCUT2D eigenvalue weighted by Crippen LogP contribution is 2.39. The van der Waals surface area contributed by atoms with E-state index >= 15 is 0 Å². The van der Waals surface area contributed by atoms with Gasteiger partial charge in [-0.05, 0) is 50.3 Å². The summed E-state index contributed by atoms with van der Waals surface area (Å²) in [6, 6.07) is 5.35. The summed E-state index contributed by atoms with van der Waals surface area (Å²) < 4.78 is 10.8. The van der Waals surface area contributed by atoms with Gasteiger partial charge >= 0.3 is 0 Å². The lowest BCUT2D eigenvalue weighted by molar-refractivity contribution is -0.0381. The third-order valence-corrected chi connectivity index (χ3v) is 3.94. The van der Waals surface area contributed by atoms with Crippen LogP contribution in [0.3, 0.4) is 0 Å². The van der Waals surface area contributed by atoms with E-state index in [0.717, 1.165) is 31.4 Å². The minimum Gasteiger partial charge on any atom is -0.496 e. The number of methoxy groups -OCH3 is 1. The van der Waals surface area contributed by atoms with Gasteiger partial charge in [0.15, 0.2) is 0 Å². The van der Waals surface area contributed by atoms with Crippen LogP contribution in [0, 0.1) is 5.92 Å². The number of aliphatic hydroxyl groups is 1. The fourth-order valence-electron chi connectivity index (χ4n) is 2.65. The molecule has 0 aromatic heterocycles. The highest BCUT2D eigenvalue weighted by atomic mass is 35.5. The highest BCUT2D eigenvalue weighted by Gasteiger charge is 2.31. The maximum absolute atomic E-state index is 10.3. The van der Waals surface area contributed by atoms with Gasteiger partial charge in [0.1, 0.15) is 5.75 Å². The number of ether oxygens (including phenoxy) is 2. The third kappa shape index (κ3) is 3.62. The second-order valence-corrected chi connectivity index (χ2v) is 5.49. The van der Waals surface area contributed by atoms with Crippen LogP contribution < -0.4 is 4.74 Å². The quantitative estimate of drug-likeness (QED) is 0.868. The number of hydrogen-bond acceptors (Lipinski definition) is 3. The van der Waals surface area contributed by atoms with Gasteiger partial charge in [0.25, 0.3) is 0 Å². The topological polar surface area (TPSA) is 38.7 Å². The van der Waals surface area contributed by atoms with Gasteiger partial charge in [0.2, 0.25) is 0 Å². The second-order valence-electron chi connectivity index (χ2n) is 5.05. The van der Waals surface area contributed by atoms with Gasteiger partial charge in [-0.25, -0.2) is 0 Å². The van der Waals surface area contributed by atoms with Gasteiger partial charge in [0.05, 0.1) is 19.3 Å². The van der Waals surface area contributed by atoms with Gasteiger partial charge in [-0.3, -0.25) is 0 Å². The molecule has 106 valence electrons. The zero-order valence-electron chi connectivity index (χ0n) is 11.4. The van der Waals surface area contributed by atoms with Crippen LogP contribution in [-0.2, 0) is 4.74 Å². The summed E-state index contributed by atoms with van der Waals surface area (Å²) in [7, 11) is 1.61. The number of benzene rings is 1. The molecule has 0 amide bonds. The van der Waals surface area contributed by atoms with E-state index < -0.39 is 6.10 Å². The van der Waals surface area contributed by atoms with E-state index in [4.69, 9.17) is 21.1 Å². The predicted octanol–water partition coefficient (Wildman–Crippen LogP) is 3.59. The molecule has 1 fully saturated rings. The van der Waals surface area contributed by atoms with Crippen LogP contribution in [0.25, 0.3) is 0 Å². The monoisotopic (exact) mass is 284 g/mol. The van der Waals surface area contributed by atoms with Crippen molar-refractivity contribution in [2.24, 2.45) is 5.92 Å². The lowest BCUT2D eigenvalue weighted by Crippen LogP contribution is -2.32. The SMILES string of the molecule is CCOC1CC(CC(O)c2cc(Cl)ccc2OC)C1. The van der Waals surface area contributed by atoms with E-state index in [1.54, 1.807) is 25.3 Å². The molecule has 19 heavy (non-hydrogen) atoms. The Kier molecular flexibility index (Phi) is 5.08. The van der Waals surface area contributed by atoms with E-state index in [1.165, 1.54) is 0 Å². The smallest absolute Gasteiger partial charge is 0.124 e. The Morgan fingerprint density at radius 1 is 1.42 bits per heavy atom. The van der Waals surface area contributed by atoms with Crippen LogP contribution in [0.2, 0.25) is 5.02 Å². The van der Waals surface area contributed by atoms with Crippen LogP contribution >= 0.6 is 11.6 Å². The molecule has 1 aromatic carbocycles. The Morgan fingerprint density at radius 2 is 2.16 bits per heavy atom. The fourth-order valence-corrected chi connectivity index (χ4v) is 2.83. The Morgan fingerprint density at radius 3 is 2.79 bits per heavy atom. The van der Waals surface area contributed by atoms with Gasteiger partial charge in [-0.15, -0.1) is 0 Å². The molecule has 4 heteroatoms. The van der Waals surface area contributed by atoms with Gasteiger partial charge in [-0.2, -0.15) is 0 Å². The van der Waals surface area contributed by atoms with E-state index in [0.29, 0.717) is 22.8 Å². The summed E-state index contributed by atoms with van der Waals surface area (Å²) in [5, 5.41) is 10.9. The van der Waals surface area contributed by atoms with Gasteiger partial charge in [0, 0.05) is 17.2 Å². The van der Waals surface area contributed by atoms with Gasteiger partial charge in [-0.1, -0.05) is 11.6 Å². The molecule has 1 atom stereocenters. The van der Waals surface area contributed by atoms with Crippen molar-refractivity contribution in [2.75, 3.05) is 13.7 Å². The Balaban J connectivity index is 1.93.